The Morgan fingerprint density at radius 2 is 1.59 bits per heavy atom. The molecule has 0 radical (unpaired) electrons. The second-order valence-corrected chi connectivity index (χ2v) is 8.75. The van der Waals surface area contributed by atoms with Crippen molar-refractivity contribution in [3.63, 3.8) is 0 Å². The van der Waals surface area contributed by atoms with Crippen molar-refractivity contribution in [2.24, 2.45) is 0 Å². The van der Waals surface area contributed by atoms with Crippen molar-refractivity contribution in [2.75, 3.05) is 18.6 Å². The van der Waals surface area contributed by atoms with Gasteiger partial charge in [-0.1, -0.05) is 55.8 Å². The van der Waals surface area contributed by atoms with Gasteiger partial charge in [0.1, 0.15) is 5.75 Å². The Balaban J connectivity index is 2.38. The zero-order valence-electron chi connectivity index (χ0n) is 15.7. The summed E-state index contributed by atoms with van der Waals surface area (Å²) in [6.07, 6.45) is 3.47. The van der Waals surface area contributed by atoms with Crippen molar-refractivity contribution in [2.45, 2.75) is 13.8 Å². The first-order chi connectivity index (χ1) is 13.1. The predicted octanol–water partition coefficient (Wildman–Crippen LogP) is 6.81. The van der Waals surface area contributed by atoms with Crippen molar-refractivity contribution >= 4 is 52.6 Å². The number of thioether (sulfide) groups is 2. The zero-order chi connectivity index (χ0) is 19.6. The van der Waals surface area contributed by atoms with Gasteiger partial charge in [0.15, 0.2) is 5.78 Å². The van der Waals surface area contributed by atoms with Crippen LogP contribution in [0.1, 0.15) is 25.0 Å². The van der Waals surface area contributed by atoms with Crippen molar-refractivity contribution in [1.29, 1.82) is 0 Å². The van der Waals surface area contributed by atoms with E-state index in [1.54, 1.807) is 36.7 Å². The Bertz CT molecular complexity index is 801. The van der Waals surface area contributed by atoms with Gasteiger partial charge in [-0.05, 0) is 53.0 Å². The van der Waals surface area contributed by atoms with E-state index in [1.807, 2.05) is 54.6 Å². The average molecular weight is 419 g/mol. The molecule has 0 saturated carbocycles. The summed E-state index contributed by atoms with van der Waals surface area (Å²) in [6, 6.07) is 15.1. The first-order valence-corrected chi connectivity index (χ1v) is 11.1. The second-order valence-electron chi connectivity index (χ2n) is 5.51. The Labute approximate surface area is 175 Å². The molecule has 0 spiro atoms. The molecule has 142 valence electrons. The maximum Gasteiger partial charge on any atom is 0.188 e. The first kappa shape index (κ1) is 21.7. The van der Waals surface area contributed by atoms with Crippen LogP contribution in [-0.2, 0) is 4.79 Å². The maximum atomic E-state index is 13.1. The molecule has 0 fully saturated rings. The molecule has 0 heterocycles. The quantitative estimate of drug-likeness (QED) is 0.418. The largest absolute Gasteiger partial charge is 0.497 e. The monoisotopic (exact) mass is 418 g/mol. The number of hydrogen-bond acceptors (Lipinski definition) is 4. The smallest absolute Gasteiger partial charge is 0.188 e. The fourth-order valence-corrected chi connectivity index (χ4v) is 4.81. The summed E-state index contributed by atoms with van der Waals surface area (Å²) in [4.78, 5) is 13.1. The van der Waals surface area contributed by atoms with Crippen LogP contribution in [0.25, 0.3) is 11.6 Å². The van der Waals surface area contributed by atoms with Gasteiger partial charge in [0.05, 0.1) is 11.3 Å². The molecule has 2 rings (SSSR count). The van der Waals surface area contributed by atoms with Gasteiger partial charge in [0.2, 0.25) is 0 Å². The number of allylic oxidation sites excluding steroid dienone is 2. The molecule has 2 aromatic rings. The Kier molecular flexibility index (Phi) is 9.05. The molecule has 0 amide bonds. The summed E-state index contributed by atoms with van der Waals surface area (Å²) < 4.78 is 6.22. The lowest BCUT2D eigenvalue weighted by molar-refractivity contribution is -0.109. The lowest BCUT2D eigenvalue weighted by Gasteiger charge is -2.12. The third kappa shape index (κ3) is 6.49. The van der Waals surface area contributed by atoms with Crippen LogP contribution in [0.5, 0.6) is 5.75 Å². The highest BCUT2D eigenvalue weighted by molar-refractivity contribution is 8.22. The summed E-state index contributed by atoms with van der Waals surface area (Å²) in [5, 5.41) is 0.659. The zero-order valence-corrected chi connectivity index (χ0v) is 18.1. The van der Waals surface area contributed by atoms with Crippen molar-refractivity contribution in [3.05, 3.63) is 75.0 Å². The molecule has 0 unspecified atom stereocenters. The summed E-state index contributed by atoms with van der Waals surface area (Å²) in [7, 11) is 1.63. The fraction of sp³-hybridized carbons (Fsp3) is 0.227. The van der Waals surface area contributed by atoms with Crippen LogP contribution in [-0.4, -0.2) is 24.4 Å². The molecular weight excluding hydrogens is 396 g/mol. The van der Waals surface area contributed by atoms with E-state index in [0.29, 0.717) is 5.02 Å². The van der Waals surface area contributed by atoms with E-state index < -0.39 is 0 Å². The molecule has 0 saturated heterocycles. The van der Waals surface area contributed by atoms with Crippen LogP contribution in [0.2, 0.25) is 5.02 Å². The molecule has 2 nitrogen and oxygen atoms in total. The minimum atomic E-state index is -0.00922. The fourth-order valence-electron chi connectivity index (χ4n) is 2.40. The van der Waals surface area contributed by atoms with Crippen LogP contribution in [0, 0.1) is 0 Å². The Morgan fingerprint density at radius 1 is 1.00 bits per heavy atom. The molecule has 0 atom stereocenters. The normalized spacial score (nSPS) is 10.8. The van der Waals surface area contributed by atoms with Gasteiger partial charge in [0.25, 0.3) is 0 Å². The molecular formula is C22H23ClO2S2. The van der Waals surface area contributed by atoms with E-state index in [0.717, 1.165) is 38.2 Å². The topological polar surface area (TPSA) is 26.3 Å². The van der Waals surface area contributed by atoms with Gasteiger partial charge in [-0.25, -0.2) is 0 Å². The number of carbonyl (C=O) groups excluding carboxylic acids is 1. The van der Waals surface area contributed by atoms with Crippen LogP contribution in [0.15, 0.2) is 58.8 Å². The minimum absolute atomic E-state index is 0.00922. The number of carbonyl (C=O) groups is 1. The molecule has 0 aromatic heterocycles. The highest BCUT2D eigenvalue weighted by Crippen LogP contribution is 2.37. The van der Waals surface area contributed by atoms with E-state index >= 15 is 0 Å². The Hall–Kier alpha value is -1.62. The van der Waals surface area contributed by atoms with E-state index in [4.69, 9.17) is 16.3 Å². The van der Waals surface area contributed by atoms with Crippen molar-refractivity contribution in [3.8, 4) is 5.75 Å². The average Bonchev–Trinajstić information content (AvgIpc) is 2.69. The number of ether oxygens (including phenoxy) is 1. The molecule has 5 heteroatoms. The van der Waals surface area contributed by atoms with E-state index in [-0.39, 0.29) is 5.78 Å². The minimum Gasteiger partial charge on any atom is -0.497 e. The molecule has 0 aliphatic rings. The number of ketones is 1. The molecule has 0 aliphatic heterocycles. The van der Waals surface area contributed by atoms with E-state index in [9.17, 15) is 4.79 Å². The molecule has 0 N–H and O–H groups in total. The third-order valence-electron chi connectivity index (χ3n) is 3.68. The molecule has 0 bridgehead atoms. The van der Waals surface area contributed by atoms with E-state index in [1.165, 1.54) is 0 Å². The maximum absolute atomic E-state index is 13.1. The molecule has 2 aromatic carbocycles. The highest BCUT2D eigenvalue weighted by Gasteiger charge is 2.16. The van der Waals surface area contributed by atoms with Crippen LogP contribution in [0.3, 0.4) is 0 Å². The van der Waals surface area contributed by atoms with Gasteiger partial charge in [-0.3, -0.25) is 4.79 Å². The van der Waals surface area contributed by atoms with Crippen molar-refractivity contribution < 1.29 is 9.53 Å². The molecule has 0 aliphatic carbocycles. The van der Waals surface area contributed by atoms with Crippen molar-refractivity contribution in [1.82, 2.24) is 0 Å². The summed E-state index contributed by atoms with van der Waals surface area (Å²) in [5.41, 5.74) is 2.57. The number of benzene rings is 2. The molecule has 27 heavy (non-hydrogen) atoms. The third-order valence-corrected chi connectivity index (χ3v) is 6.15. The van der Waals surface area contributed by atoms with Crippen LogP contribution in [0.4, 0.5) is 0 Å². The van der Waals surface area contributed by atoms with Gasteiger partial charge in [0, 0.05) is 10.6 Å². The Morgan fingerprint density at radius 3 is 2.11 bits per heavy atom. The standard InChI is InChI=1S/C22H23ClO2S2/c1-4-26-22(27-5-2)21(17-9-11-18(23)12-10-17)20(24)15-8-16-6-13-19(25-3)14-7-16/h6-15H,4-5H2,1-3H3/b15-8+. The number of halogens is 1. The SMILES string of the molecule is CCSC(SCC)=C(C(=O)/C=C/c1ccc(OC)cc1)c1ccc(Cl)cc1. The van der Waals surface area contributed by atoms with Gasteiger partial charge >= 0.3 is 0 Å². The highest BCUT2D eigenvalue weighted by atomic mass is 35.5. The summed E-state index contributed by atoms with van der Waals surface area (Å²) >= 11 is 9.43. The van der Waals surface area contributed by atoms with E-state index in [2.05, 4.69) is 13.8 Å². The summed E-state index contributed by atoms with van der Waals surface area (Å²) in [5.74, 6) is 2.61. The van der Waals surface area contributed by atoms with Gasteiger partial charge in [-0.2, -0.15) is 0 Å². The van der Waals surface area contributed by atoms with Gasteiger partial charge < -0.3 is 4.74 Å². The predicted molar refractivity (Wildman–Crippen MR) is 122 cm³/mol. The number of rotatable bonds is 9. The first-order valence-electron chi connectivity index (χ1n) is 8.71. The summed E-state index contributed by atoms with van der Waals surface area (Å²) in [6.45, 7) is 4.19. The lowest BCUT2D eigenvalue weighted by atomic mass is 10.0. The van der Waals surface area contributed by atoms with Gasteiger partial charge in [-0.15, -0.1) is 23.5 Å². The number of hydrogen-bond donors (Lipinski definition) is 0. The second kappa shape index (κ2) is 11.3. The number of methoxy groups -OCH3 is 1. The lowest BCUT2D eigenvalue weighted by Crippen LogP contribution is -2.01. The van der Waals surface area contributed by atoms with Crippen LogP contribution >= 0.6 is 35.1 Å². The van der Waals surface area contributed by atoms with Crippen LogP contribution < -0.4 is 4.74 Å².